The van der Waals surface area contributed by atoms with Crippen molar-refractivity contribution in [2.45, 2.75) is 52.2 Å². The minimum atomic E-state index is -3.10. The normalized spacial score (nSPS) is 31.3. The fraction of sp³-hybridized carbons (Fsp3) is 0.364. The maximum atomic E-state index is 13.3. The van der Waals surface area contributed by atoms with E-state index < -0.39 is 64.3 Å². The van der Waals surface area contributed by atoms with Gasteiger partial charge in [0, 0.05) is 41.8 Å². The van der Waals surface area contributed by atoms with Gasteiger partial charge in [-0.3, -0.25) is 0 Å². The number of carbonyl (C=O) groups is 2. The number of carbonyl (C=O) groups excluding carboxylic acids is 1. The average Bonchev–Trinajstić information content (AvgIpc) is 2.99. The van der Waals surface area contributed by atoms with E-state index >= 15 is 0 Å². The van der Waals surface area contributed by atoms with Crippen molar-refractivity contribution in [2.75, 3.05) is 30.9 Å². The van der Waals surface area contributed by atoms with Crippen LogP contribution in [0.3, 0.4) is 0 Å². The van der Waals surface area contributed by atoms with Crippen LogP contribution in [0.5, 0.6) is 0 Å². The summed E-state index contributed by atoms with van der Waals surface area (Å²) in [5, 5.41) is 11.5. The lowest BCUT2D eigenvalue weighted by Crippen LogP contribution is -2.50. The summed E-state index contributed by atoms with van der Waals surface area (Å²) in [6, 6.07) is 8.56. The third-order valence-corrected chi connectivity index (χ3v) is 10.8. The number of esters is 1. The molecule has 0 amide bonds. The molecule has 0 aromatic heterocycles. The fourth-order valence-corrected chi connectivity index (χ4v) is 8.35. The zero-order valence-electron chi connectivity index (χ0n) is 34.8. The topological polar surface area (TPSA) is 69.8 Å². The minimum Gasteiger partial charge on any atom is -0.478 e. The van der Waals surface area contributed by atoms with Crippen LogP contribution in [-0.2, 0) is 4.74 Å². The number of benzene rings is 2. The second-order valence-electron chi connectivity index (χ2n) is 11.4. The van der Waals surface area contributed by atoms with Gasteiger partial charge in [0.2, 0.25) is 0 Å². The molecule has 3 heterocycles. The van der Waals surface area contributed by atoms with Crippen LogP contribution in [0, 0.1) is 0 Å². The number of aromatic carboxylic acids is 1. The second kappa shape index (κ2) is 9.44. The van der Waals surface area contributed by atoms with Crippen LogP contribution in [0.15, 0.2) is 65.4 Å². The predicted molar refractivity (Wildman–Crippen MR) is 162 cm³/mol. The quantitative estimate of drug-likeness (QED) is 0.315. The Labute approximate surface area is 253 Å². The first kappa shape index (κ1) is 15.9. The minimum absolute atomic E-state index is 0.0213. The Bertz CT molecular complexity index is 2070. The maximum absolute atomic E-state index is 13.3. The number of allylic oxidation sites excluding steroid dienone is 5. The van der Waals surface area contributed by atoms with E-state index in [0.29, 0.717) is 36.6 Å². The van der Waals surface area contributed by atoms with Gasteiger partial charge >= 0.3 is 11.9 Å². The molecule has 2 fully saturated rings. The van der Waals surface area contributed by atoms with Crippen molar-refractivity contribution in [2.24, 2.45) is 0 Å². The van der Waals surface area contributed by atoms with Gasteiger partial charge in [-0.15, -0.1) is 0 Å². The van der Waals surface area contributed by atoms with Crippen LogP contribution < -0.4 is 10.1 Å². The zero-order valence-corrected chi connectivity index (χ0v) is 23.8. The number of hydrogen-bond donors (Lipinski definition) is 1. The summed E-state index contributed by atoms with van der Waals surface area (Å²) in [7, 11) is -3.10. The van der Waals surface area contributed by atoms with E-state index in [4.69, 9.17) is 21.2 Å². The first-order valence-corrected chi connectivity index (χ1v) is 15.8. The van der Waals surface area contributed by atoms with Gasteiger partial charge in [0.05, 0.1) is 17.5 Å². The van der Waals surface area contributed by atoms with Crippen molar-refractivity contribution in [3.8, 4) is 0 Å². The molecule has 40 heavy (non-hydrogen) atoms. The number of carboxylic acids is 1. The molecule has 206 valence electrons. The number of nitrogens with zero attached hydrogens (tertiary/aromatic N) is 2. The lowest BCUT2D eigenvalue weighted by molar-refractivity contribution is -0.582. The Morgan fingerprint density at radius 1 is 1.02 bits per heavy atom. The largest absolute Gasteiger partial charge is 0.478 e. The molecule has 0 saturated carbocycles. The highest BCUT2D eigenvalue weighted by Gasteiger charge is 2.42. The molecule has 7 heteroatoms. The molecule has 3 aliphatic heterocycles. The highest BCUT2D eigenvalue weighted by atomic mass is 28.3. The molecule has 1 N–H and O–H groups in total. The van der Waals surface area contributed by atoms with E-state index in [2.05, 4.69) is 0 Å². The molecule has 0 radical (unpaired) electrons. The Kier molecular flexibility index (Phi) is 3.76. The smallest absolute Gasteiger partial charge is 0.338 e. The Morgan fingerprint density at radius 3 is 2.48 bits per heavy atom. The lowest BCUT2D eigenvalue weighted by atomic mass is 9.86. The van der Waals surface area contributed by atoms with E-state index in [9.17, 15) is 14.7 Å². The van der Waals surface area contributed by atoms with Gasteiger partial charge in [-0.2, -0.15) is 0 Å². The van der Waals surface area contributed by atoms with Crippen molar-refractivity contribution in [1.82, 2.24) is 0 Å². The molecular formula is C33H37N2O4Si+. The molecule has 1 aliphatic carbocycles. The maximum Gasteiger partial charge on any atom is 0.338 e. The van der Waals surface area contributed by atoms with Crippen LogP contribution in [0.4, 0.5) is 5.69 Å². The Morgan fingerprint density at radius 2 is 1.77 bits per heavy atom. The molecule has 0 spiro atoms. The highest BCUT2D eigenvalue weighted by Crippen LogP contribution is 2.43. The molecule has 0 bridgehead atoms. The highest BCUT2D eigenvalue weighted by molar-refractivity contribution is 6.98. The van der Waals surface area contributed by atoms with Gasteiger partial charge in [0.25, 0.3) is 0 Å². The number of ether oxygens (including phenoxy) is 1. The number of rotatable bonds is 4. The Hall–Kier alpha value is -3.71. The van der Waals surface area contributed by atoms with Gasteiger partial charge in [-0.25, -0.2) is 14.2 Å². The average molecular weight is 566 g/mol. The van der Waals surface area contributed by atoms with Crippen LogP contribution in [0.25, 0.3) is 5.57 Å². The summed E-state index contributed by atoms with van der Waals surface area (Å²) >= 11 is 0. The molecule has 4 aliphatic rings. The fourth-order valence-electron chi connectivity index (χ4n) is 5.28. The van der Waals surface area contributed by atoms with E-state index in [-0.39, 0.29) is 28.1 Å². The molecule has 0 unspecified atom stereocenters. The summed E-state index contributed by atoms with van der Waals surface area (Å²) in [5.74, 6) is -2.03. The van der Waals surface area contributed by atoms with Gasteiger partial charge in [-0.05, 0) is 96.2 Å². The number of fused-ring (bicyclic) bond motifs is 2. The van der Waals surface area contributed by atoms with Crippen molar-refractivity contribution >= 4 is 42.2 Å². The van der Waals surface area contributed by atoms with E-state index in [1.807, 2.05) is 13.1 Å². The Balaban J connectivity index is 1.67. The third kappa shape index (κ3) is 4.46. The molecule has 6 nitrogen and oxygen atoms in total. The van der Waals surface area contributed by atoms with Crippen molar-refractivity contribution in [3.05, 3.63) is 87.6 Å². The molecular weight excluding hydrogens is 516 g/mol. The first-order chi connectivity index (χ1) is 23.5. The second-order valence-corrected chi connectivity index (χ2v) is 15.7. The van der Waals surface area contributed by atoms with Crippen LogP contribution in [0.1, 0.15) is 81.8 Å². The molecule has 6 rings (SSSR count). The van der Waals surface area contributed by atoms with Crippen LogP contribution >= 0.6 is 0 Å². The van der Waals surface area contributed by atoms with Crippen LogP contribution in [0.2, 0.25) is 13.1 Å². The summed E-state index contributed by atoms with van der Waals surface area (Å²) < 4.78 is 106. The number of hydrogen-bond acceptors (Lipinski definition) is 4. The summed E-state index contributed by atoms with van der Waals surface area (Å²) in [5.41, 5.74) is 0.455. The molecule has 0 atom stereocenters. The SMILES string of the molecule is [2H]C1([2H])N(c2ccc3c(c2)[Si](C)(C)C2=CC(=[N+]4C([2H])([2H])C([2H])([2H])C4([2H])[2H])C=CC2=C3c2cc(C(=O)OC(C)(C)C)ccc2C(=O)O)C([2H])([2H])C1([2H])[2H]. The molecule has 2 aromatic rings. The van der Waals surface area contributed by atoms with E-state index in [0.717, 1.165) is 0 Å². The molecule has 2 saturated heterocycles. The van der Waals surface area contributed by atoms with Crippen molar-refractivity contribution in [1.29, 1.82) is 0 Å². The van der Waals surface area contributed by atoms with Gasteiger partial charge in [-0.1, -0.05) is 19.2 Å². The summed E-state index contributed by atoms with van der Waals surface area (Å²) in [4.78, 5) is 26.7. The van der Waals surface area contributed by atoms with Crippen molar-refractivity contribution in [3.63, 3.8) is 0 Å². The standard InChI is InChI=1S/C33H36N2O4Si/c1-33(2,3)39-32(38)21-8-11-24(31(36)37)27(18-21)30-25-12-9-22(34-14-6-15-34)19-28(25)40(4,5)29-20-23(10-13-26(29)30)35-16-7-17-35/h8-13,18-20H,6-7,14-17H2,1-5H3/p+1/i6D2,7D2,14D2,15D2,16D2,17D2. The summed E-state index contributed by atoms with van der Waals surface area (Å²) in [6.07, 6.45) is -1.17. The molecule has 2 aromatic carbocycles. The van der Waals surface area contributed by atoms with Gasteiger partial charge in [0.1, 0.15) is 32.2 Å². The van der Waals surface area contributed by atoms with E-state index in [1.54, 1.807) is 45.1 Å². The lowest BCUT2D eigenvalue weighted by Gasteiger charge is -2.40. The zero-order chi connectivity index (χ0) is 39.2. The van der Waals surface area contributed by atoms with Gasteiger partial charge < -0.3 is 14.7 Å². The predicted octanol–water partition coefficient (Wildman–Crippen LogP) is 5.17. The monoisotopic (exact) mass is 565 g/mol. The number of carboxylic acid groups (broad SMARTS) is 1. The van der Waals surface area contributed by atoms with Crippen molar-refractivity contribution < 1.29 is 40.5 Å². The van der Waals surface area contributed by atoms with E-state index in [1.165, 1.54) is 30.3 Å². The first-order valence-electron chi connectivity index (χ1n) is 18.8. The third-order valence-electron chi connectivity index (χ3n) is 7.23. The summed E-state index contributed by atoms with van der Waals surface area (Å²) in [6.45, 7) is -2.10. The van der Waals surface area contributed by atoms with Gasteiger partial charge in [0.15, 0.2) is 5.71 Å². The number of anilines is 1. The van der Waals surface area contributed by atoms with Crippen LogP contribution in [-0.4, -0.2) is 67.0 Å².